The van der Waals surface area contributed by atoms with Crippen molar-refractivity contribution >= 4 is 11.0 Å². The van der Waals surface area contributed by atoms with E-state index in [0.717, 1.165) is 30.2 Å². The van der Waals surface area contributed by atoms with E-state index in [9.17, 15) is 5.11 Å². The van der Waals surface area contributed by atoms with Gasteiger partial charge >= 0.3 is 0 Å². The molecule has 0 amide bonds. The monoisotopic (exact) mass is 231 g/mol. The maximum Gasteiger partial charge on any atom is 0.134 e. The van der Waals surface area contributed by atoms with Gasteiger partial charge < -0.3 is 15.3 Å². The molecule has 1 heterocycles. The van der Waals surface area contributed by atoms with Crippen LogP contribution in [0.4, 0.5) is 0 Å². The number of aliphatic hydroxyl groups is 1. The van der Waals surface area contributed by atoms with E-state index < -0.39 is 6.10 Å². The van der Waals surface area contributed by atoms with Crippen molar-refractivity contribution in [3.05, 3.63) is 36.1 Å². The lowest BCUT2D eigenvalue weighted by atomic mass is 9.64. The van der Waals surface area contributed by atoms with E-state index in [1.165, 1.54) is 0 Å². The SMILES string of the molecule is NCC1(C(O)c2cc3ccccc3o2)CCC1. The van der Waals surface area contributed by atoms with Gasteiger partial charge in [-0.05, 0) is 25.0 Å². The number of hydrogen-bond donors (Lipinski definition) is 2. The minimum Gasteiger partial charge on any atom is -0.458 e. The van der Waals surface area contributed by atoms with E-state index in [0.29, 0.717) is 12.3 Å². The summed E-state index contributed by atoms with van der Waals surface area (Å²) in [7, 11) is 0. The Hall–Kier alpha value is -1.32. The van der Waals surface area contributed by atoms with Gasteiger partial charge in [0.1, 0.15) is 17.4 Å². The Morgan fingerprint density at radius 1 is 1.35 bits per heavy atom. The number of para-hydroxylation sites is 1. The first-order valence-corrected chi connectivity index (χ1v) is 6.12. The van der Waals surface area contributed by atoms with Gasteiger partial charge in [-0.1, -0.05) is 24.6 Å². The Bertz CT molecular complexity index is 489. The molecule has 1 atom stereocenters. The Balaban J connectivity index is 1.97. The molecule has 1 aromatic carbocycles. The minimum absolute atomic E-state index is 0.159. The largest absolute Gasteiger partial charge is 0.458 e. The van der Waals surface area contributed by atoms with Crippen LogP contribution >= 0.6 is 0 Å². The lowest BCUT2D eigenvalue weighted by molar-refractivity contribution is -0.0409. The highest BCUT2D eigenvalue weighted by molar-refractivity contribution is 5.77. The quantitative estimate of drug-likeness (QED) is 0.853. The molecule has 3 nitrogen and oxygen atoms in total. The number of fused-ring (bicyclic) bond motifs is 1. The van der Waals surface area contributed by atoms with Gasteiger partial charge in [0, 0.05) is 17.3 Å². The molecule has 0 saturated heterocycles. The van der Waals surface area contributed by atoms with Crippen molar-refractivity contribution in [2.24, 2.45) is 11.1 Å². The number of rotatable bonds is 3. The molecule has 3 N–H and O–H groups in total. The summed E-state index contributed by atoms with van der Waals surface area (Å²) in [4.78, 5) is 0. The smallest absolute Gasteiger partial charge is 0.134 e. The van der Waals surface area contributed by atoms with Crippen LogP contribution in [0.5, 0.6) is 0 Å². The van der Waals surface area contributed by atoms with Gasteiger partial charge in [0.25, 0.3) is 0 Å². The molecule has 0 aliphatic heterocycles. The topological polar surface area (TPSA) is 59.4 Å². The molecule has 1 aromatic heterocycles. The lowest BCUT2D eigenvalue weighted by Gasteiger charge is -2.43. The zero-order valence-corrected chi connectivity index (χ0v) is 9.73. The molecule has 3 heteroatoms. The maximum absolute atomic E-state index is 10.4. The number of benzene rings is 1. The summed E-state index contributed by atoms with van der Waals surface area (Å²) < 4.78 is 5.71. The molecule has 3 rings (SSSR count). The van der Waals surface area contributed by atoms with Crippen LogP contribution in [-0.2, 0) is 0 Å². The Labute approximate surface area is 100 Å². The molecule has 1 fully saturated rings. The molecule has 1 saturated carbocycles. The molecule has 1 unspecified atom stereocenters. The number of aliphatic hydroxyl groups excluding tert-OH is 1. The third kappa shape index (κ3) is 1.58. The van der Waals surface area contributed by atoms with E-state index >= 15 is 0 Å². The first kappa shape index (κ1) is 10.8. The Morgan fingerprint density at radius 3 is 2.71 bits per heavy atom. The summed E-state index contributed by atoms with van der Waals surface area (Å²) in [5, 5.41) is 11.5. The highest BCUT2D eigenvalue weighted by Crippen LogP contribution is 2.50. The Morgan fingerprint density at radius 2 is 2.12 bits per heavy atom. The second-order valence-corrected chi connectivity index (χ2v) is 5.01. The summed E-state index contributed by atoms with van der Waals surface area (Å²) in [5.74, 6) is 0.649. The summed E-state index contributed by atoms with van der Waals surface area (Å²) in [6.45, 7) is 0.519. The van der Waals surface area contributed by atoms with Crippen LogP contribution in [0, 0.1) is 5.41 Å². The van der Waals surface area contributed by atoms with Crippen molar-refractivity contribution in [3.8, 4) is 0 Å². The van der Waals surface area contributed by atoms with Gasteiger partial charge in [0.15, 0.2) is 0 Å². The maximum atomic E-state index is 10.4. The highest BCUT2D eigenvalue weighted by Gasteiger charge is 2.44. The molecule has 90 valence electrons. The Kier molecular flexibility index (Phi) is 2.45. The summed E-state index contributed by atoms with van der Waals surface area (Å²) in [6, 6.07) is 9.74. The van der Waals surface area contributed by atoms with Crippen molar-refractivity contribution in [2.45, 2.75) is 25.4 Å². The van der Waals surface area contributed by atoms with Gasteiger partial charge in [-0.15, -0.1) is 0 Å². The summed E-state index contributed by atoms with van der Waals surface area (Å²) >= 11 is 0. The normalized spacial score (nSPS) is 20.1. The second-order valence-electron chi connectivity index (χ2n) is 5.01. The van der Waals surface area contributed by atoms with Crippen molar-refractivity contribution in [2.75, 3.05) is 6.54 Å². The van der Waals surface area contributed by atoms with Crippen LogP contribution in [0.3, 0.4) is 0 Å². The molecule has 0 radical (unpaired) electrons. The molecule has 0 spiro atoms. The van der Waals surface area contributed by atoms with Crippen LogP contribution in [-0.4, -0.2) is 11.7 Å². The number of nitrogens with two attached hydrogens (primary N) is 1. The summed E-state index contributed by atoms with van der Waals surface area (Å²) in [6.07, 6.45) is 2.55. The molecule has 1 aliphatic rings. The lowest BCUT2D eigenvalue weighted by Crippen LogP contribution is -2.42. The van der Waals surface area contributed by atoms with Crippen molar-refractivity contribution < 1.29 is 9.52 Å². The number of furan rings is 1. The standard InChI is InChI=1S/C14H17NO2/c15-9-14(6-3-7-14)13(16)12-8-10-4-1-2-5-11(10)17-12/h1-2,4-5,8,13,16H,3,6-7,9,15H2. The van der Waals surface area contributed by atoms with Crippen LogP contribution in [0.2, 0.25) is 0 Å². The average molecular weight is 231 g/mol. The summed E-state index contributed by atoms with van der Waals surface area (Å²) in [5.41, 5.74) is 6.47. The second kappa shape index (κ2) is 3.86. The van der Waals surface area contributed by atoms with Crippen molar-refractivity contribution in [3.63, 3.8) is 0 Å². The first-order valence-electron chi connectivity index (χ1n) is 6.12. The molecule has 17 heavy (non-hydrogen) atoms. The van der Waals surface area contributed by atoms with E-state index in [1.807, 2.05) is 30.3 Å². The molecule has 0 bridgehead atoms. The highest BCUT2D eigenvalue weighted by atomic mass is 16.4. The zero-order chi connectivity index (χ0) is 11.9. The van der Waals surface area contributed by atoms with Crippen molar-refractivity contribution in [1.82, 2.24) is 0 Å². The van der Waals surface area contributed by atoms with E-state index in [4.69, 9.17) is 10.2 Å². The van der Waals surface area contributed by atoms with Gasteiger partial charge in [0.2, 0.25) is 0 Å². The van der Waals surface area contributed by atoms with Gasteiger partial charge in [0.05, 0.1) is 0 Å². The van der Waals surface area contributed by atoms with Crippen molar-refractivity contribution in [1.29, 1.82) is 0 Å². The van der Waals surface area contributed by atoms with Crippen LogP contribution in [0.25, 0.3) is 11.0 Å². The third-order valence-corrected chi connectivity index (χ3v) is 4.05. The molecule has 1 aliphatic carbocycles. The molecule has 2 aromatic rings. The fourth-order valence-corrected chi connectivity index (χ4v) is 2.66. The zero-order valence-electron chi connectivity index (χ0n) is 9.73. The molecular formula is C14H17NO2. The fraction of sp³-hybridized carbons (Fsp3) is 0.429. The van der Waals surface area contributed by atoms with Gasteiger partial charge in [-0.25, -0.2) is 0 Å². The average Bonchev–Trinajstić information content (AvgIpc) is 2.71. The van der Waals surface area contributed by atoms with E-state index in [1.54, 1.807) is 0 Å². The van der Waals surface area contributed by atoms with Crippen LogP contribution in [0.1, 0.15) is 31.1 Å². The van der Waals surface area contributed by atoms with Gasteiger partial charge in [-0.3, -0.25) is 0 Å². The molecular weight excluding hydrogens is 214 g/mol. The predicted molar refractivity (Wildman–Crippen MR) is 66.5 cm³/mol. The van der Waals surface area contributed by atoms with Crippen LogP contribution < -0.4 is 5.73 Å². The van der Waals surface area contributed by atoms with Crippen LogP contribution in [0.15, 0.2) is 34.7 Å². The third-order valence-electron chi connectivity index (χ3n) is 4.05. The van der Waals surface area contributed by atoms with E-state index in [-0.39, 0.29) is 5.41 Å². The minimum atomic E-state index is -0.575. The predicted octanol–water partition coefficient (Wildman–Crippen LogP) is 2.60. The first-order chi connectivity index (χ1) is 8.25. The van der Waals surface area contributed by atoms with Gasteiger partial charge in [-0.2, -0.15) is 0 Å². The fourth-order valence-electron chi connectivity index (χ4n) is 2.66. The van der Waals surface area contributed by atoms with E-state index in [2.05, 4.69) is 0 Å². The number of hydrogen-bond acceptors (Lipinski definition) is 3.